The number of benzene rings is 2. The van der Waals surface area contributed by atoms with Crippen molar-refractivity contribution in [2.45, 2.75) is 110 Å². The zero-order valence-corrected chi connectivity index (χ0v) is 29.1. The Balaban J connectivity index is 1.49. The van der Waals surface area contributed by atoms with Gasteiger partial charge in [0.25, 0.3) is 8.32 Å². The number of aliphatic hydroxyl groups excluding tert-OH is 1. The van der Waals surface area contributed by atoms with Gasteiger partial charge < -0.3 is 19.4 Å². The molecule has 0 amide bonds. The molecule has 0 spiro atoms. The first kappa shape index (κ1) is 33.4. The summed E-state index contributed by atoms with van der Waals surface area (Å²) in [7, 11) is -2.74. The van der Waals surface area contributed by atoms with E-state index in [1.54, 1.807) is 0 Å². The Morgan fingerprint density at radius 2 is 1.45 bits per heavy atom. The number of hydrogen-bond donors (Lipinski definition) is 2. The molecule has 3 aliphatic carbocycles. The molecule has 2 aromatic carbocycles. The van der Waals surface area contributed by atoms with Crippen molar-refractivity contribution in [3.63, 3.8) is 0 Å². The summed E-state index contributed by atoms with van der Waals surface area (Å²) in [5, 5.41) is 24.7. The molecule has 3 saturated carbocycles. The quantitative estimate of drug-likeness (QED) is 0.261. The van der Waals surface area contributed by atoms with E-state index in [0.29, 0.717) is 18.4 Å². The molecule has 0 unspecified atom stereocenters. The monoisotopic (exact) mass is 620 g/mol. The van der Waals surface area contributed by atoms with Crippen molar-refractivity contribution in [2.75, 3.05) is 13.2 Å². The lowest BCUT2D eigenvalue weighted by molar-refractivity contribution is -0.157. The van der Waals surface area contributed by atoms with Gasteiger partial charge >= 0.3 is 5.97 Å². The van der Waals surface area contributed by atoms with Crippen molar-refractivity contribution >= 4 is 24.7 Å². The van der Waals surface area contributed by atoms with E-state index in [2.05, 4.69) is 95.3 Å². The second-order valence-corrected chi connectivity index (χ2v) is 20.3. The van der Waals surface area contributed by atoms with Gasteiger partial charge in [0.15, 0.2) is 0 Å². The highest BCUT2D eigenvalue weighted by atomic mass is 28.4. The number of ether oxygens (including phenoxy) is 1. The average Bonchev–Trinajstić information content (AvgIpc) is 3.23. The summed E-state index contributed by atoms with van der Waals surface area (Å²) in [6, 6.07) is 21.6. The summed E-state index contributed by atoms with van der Waals surface area (Å²) in [4.78, 5) is 12.2. The predicted octanol–water partition coefficient (Wildman–Crippen LogP) is 6.49. The molecule has 2 aromatic rings. The van der Waals surface area contributed by atoms with E-state index in [1.807, 2.05) is 6.92 Å². The fourth-order valence-corrected chi connectivity index (χ4v) is 14.7. The molecule has 0 saturated heterocycles. The maximum atomic E-state index is 12.2. The van der Waals surface area contributed by atoms with E-state index in [4.69, 9.17) is 9.16 Å². The molecule has 2 N–H and O–H groups in total. The summed E-state index contributed by atoms with van der Waals surface area (Å²) in [6.45, 7) is 15.6. The number of fused-ring (bicyclic) bond motifs is 1. The zero-order chi connectivity index (χ0) is 32.0. The van der Waals surface area contributed by atoms with E-state index in [9.17, 15) is 15.0 Å². The summed E-state index contributed by atoms with van der Waals surface area (Å²) in [6.07, 6.45) is 6.43. The van der Waals surface area contributed by atoms with Gasteiger partial charge in [-0.1, -0.05) is 95.3 Å². The van der Waals surface area contributed by atoms with Gasteiger partial charge in [0.05, 0.1) is 12.2 Å². The molecule has 3 fully saturated rings. The molecule has 0 aliphatic heterocycles. The lowest BCUT2D eigenvalue weighted by Gasteiger charge is -2.58. The van der Waals surface area contributed by atoms with Crippen LogP contribution >= 0.6 is 0 Å². The fourth-order valence-electron chi connectivity index (χ4n) is 10.00. The Labute approximate surface area is 266 Å². The maximum Gasteiger partial charge on any atom is 0.302 e. The van der Waals surface area contributed by atoms with Crippen LogP contribution in [0.5, 0.6) is 0 Å². The molecule has 242 valence electrons. The van der Waals surface area contributed by atoms with Gasteiger partial charge in [0.2, 0.25) is 0 Å². The standard InChI is InChI=1S/C38H56O5Si/c1-27(40)42-26-28-24-29(43-44(35(2,3)4,30-14-10-8-11-15-30)31-16-12-9-13-17-31)18-21-36(28,5)33-19-22-37(6)34(32(33)25-39)20-23-38(37,7)41/h8-17,28-29,32-34,39,41H,18-26H2,1-7H3/t28-,29+,32-,33+,34+,36+,37+,38+/m1/s1. The van der Waals surface area contributed by atoms with E-state index in [0.717, 1.165) is 44.9 Å². The number of aliphatic hydroxyl groups is 2. The SMILES string of the molecule is CC(=O)OC[C@H]1C[C@@H](O[Si](c2ccccc2)(c2ccccc2)C(C)(C)C)CC[C@]1(C)[C@H]1CC[C@@]2(C)[C@@H](CC[C@]2(C)O)[C@@H]1CO. The minimum atomic E-state index is -2.74. The van der Waals surface area contributed by atoms with Gasteiger partial charge in [0.1, 0.15) is 0 Å². The van der Waals surface area contributed by atoms with Crippen molar-refractivity contribution in [1.29, 1.82) is 0 Å². The van der Waals surface area contributed by atoms with Crippen molar-refractivity contribution < 1.29 is 24.2 Å². The molecule has 3 aliphatic rings. The highest BCUT2D eigenvalue weighted by Crippen LogP contribution is 2.65. The molecule has 8 atom stereocenters. The summed E-state index contributed by atoms with van der Waals surface area (Å²) in [5.74, 6) is 0.590. The van der Waals surface area contributed by atoms with E-state index < -0.39 is 13.9 Å². The van der Waals surface area contributed by atoms with E-state index in [1.165, 1.54) is 17.3 Å². The van der Waals surface area contributed by atoms with Gasteiger partial charge in [-0.05, 0) is 95.9 Å². The first-order chi connectivity index (χ1) is 20.7. The summed E-state index contributed by atoms with van der Waals surface area (Å²) >= 11 is 0. The minimum Gasteiger partial charge on any atom is -0.466 e. The van der Waals surface area contributed by atoms with Crippen LogP contribution in [0.3, 0.4) is 0 Å². The van der Waals surface area contributed by atoms with Crippen molar-refractivity contribution in [3.05, 3.63) is 60.7 Å². The summed E-state index contributed by atoms with van der Waals surface area (Å²) < 4.78 is 13.4. The van der Waals surface area contributed by atoms with Crippen molar-refractivity contribution in [2.24, 2.45) is 34.5 Å². The van der Waals surface area contributed by atoms with Crippen molar-refractivity contribution in [3.8, 4) is 0 Å². The summed E-state index contributed by atoms with van der Waals surface area (Å²) in [5.41, 5.74) is -0.985. The van der Waals surface area contributed by atoms with Crippen LogP contribution < -0.4 is 10.4 Å². The highest BCUT2D eigenvalue weighted by molar-refractivity contribution is 6.99. The van der Waals surface area contributed by atoms with Crippen LogP contribution in [0.25, 0.3) is 0 Å². The third kappa shape index (κ3) is 5.63. The third-order valence-electron chi connectivity index (χ3n) is 12.8. The van der Waals surface area contributed by atoms with Crippen LogP contribution in [0.2, 0.25) is 5.04 Å². The van der Waals surface area contributed by atoms with Crippen LogP contribution in [0.1, 0.15) is 93.4 Å². The Morgan fingerprint density at radius 1 is 0.886 bits per heavy atom. The molecular formula is C38H56O5Si. The minimum absolute atomic E-state index is 0.0311. The smallest absolute Gasteiger partial charge is 0.302 e. The highest BCUT2D eigenvalue weighted by Gasteiger charge is 2.62. The zero-order valence-electron chi connectivity index (χ0n) is 28.1. The first-order valence-corrected chi connectivity index (χ1v) is 18.9. The molecule has 0 bridgehead atoms. The number of carbonyl (C=O) groups excluding carboxylic acids is 1. The number of esters is 1. The molecule has 0 aromatic heterocycles. The van der Waals surface area contributed by atoms with E-state index >= 15 is 0 Å². The Bertz CT molecular complexity index is 1230. The van der Waals surface area contributed by atoms with Crippen LogP contribution in [0, 0.1) is 34.5 Å². The van der Waals surface area contributed by atoms with Gasteiger partial charge in [-0.2, -0.15) is 0 Å². The number of rotatable bonds is 8. The maximum absolute atomic E-state index is 12.2. The molecule has 0 radical (unpaired) electrons. The largest absolute Gasteiger partial charge is 0.466 e. The third-order valence-corrected chi connectivity index (χ3v) is 17.9. The van der Waals surface area contributed by atoms with Crippen LogP contribution in [0.4, 0.5) is 0 Å². The normalized spacial score (nSPS) is 36.1. The molecule has 44 heavy (non-hydrogen) atoms. The molecular weight excluding hydrogens is 564 g/mol. The Hall–Kier alpha value is -1.99. The van der Waals surface area contributed by atoms with Crippen LogP contribution in [0.15, 0.2) is 60.7 Å². The van der Waals surface area contributed by atoms with Gasteiger partial charge in [-0.25, -0.2) is 0 Å². The fraction of sp³-hybridized carbons (Fsp3) is 0.658. The van der Waals surface area contributed by atoms with Gasteiger partial charge in [-0.15, -0.1) is 0 Å². The molecule has 5 nitrogen and oxygen atoms in total. The first-order valence-electron chi connectivity index (χ1n) is 16.9. The van der Waals surface area contributed by atoms with Crippen LogP contribution in [-0.4, -0.2) is 49.4 Å². The average molecular weight is 621 g/mol. The molecule has 0 heterocycles. The molecule has 5 rings (SSSR count). The predicted molar refractivity (Wildman–Crippen MR) is 179 cm³/mol. The van der Waals surface area contributed by atoms with Crippen LogP contribution in [-0.2, 0) is 14.0 Å². The number of hydrogen-bond acceptors (Lipinski definition) is 5. The van der Waals surface area contributed by atoms with Gasteiger partial charge in [-0.3, -0.25) is 4.79 Å². The van der Waals surface area contributed by atoms with Gasteiger partial charge in [0, 0.05) is 25.6 Å². The lowest BCUT2D eigenvalue weighted by Crippen LogP contribution is -2.68. The second-order valence-electron chi connectivity index (χ2n) is 16.0. The lowest BCUT2D eigenvalue weighted by atomic mass is 9.48. The Kier molecular flexibility index (Phi) is 9.34. The van der Waals surface area contributed by atoms with E-state index in [-0.39, 0.29) is 46.4 Å². The molecule has 6 heteroatoms. The second kappa shape index (κ2) is 12.3. The van der Waals surface area contributed by atoms with Crippen molar-refractivity contribution in [1.82, 2.24) is 0 Å². The number of carbonyl (C=O) groups is 1. The topological polar surface area (TPSA) is 76.0 Å². The Morgan fingerprint density at radius 3 is 1.98 bits per heavy atom.